The number of benzene rings is 1. The highest BCUT2D eigenvalue weighted by Crippen LogP contribution is 2.24. The first-order valence-corrected chi connectivity index (χ1v) is 6.38. The molecular weight excluding hydrogens is 287 g/mol. The summed E-state index contributed by atoms with van der Waals surface area (Å²) in [5, 5.41) is 8.69. The number of hydrogen-bond donors (Lipinski definition) is 1. The minimum absolute atomic E-state index is 0.204. The zero-order chi connectivity index (χ0) is 15.0. The quantitative estimate of drug-likeness (QED) is 0.906. The predicted octanol–water partition coefficient (Wildman–Crippen LogP) is 1.20. The van der Waals surface area contributed by atoms with Gasteiger partial charge in [0, 0.05) is 19.2 Å². The van der Waals surface area contributed by atoms with Crippen molar-refractivity contribution in [1.29, 1.82) is 0 Å². The second-order valence-electron chi connectivity index (χ2n) is 3.73. The number of carboxylic acid groups (broad SMARTS) is 1. The molecule has 0 aliphatic carbocycles. The molecule has 106 valence electrons. The largest absolute Gasteiger partial charge is 0.480 e. The van der Waals surface area contributed by atoms with Crippen LogP contribution < -0.4 is 0 Å². The van der Waals surface area contributed by atoms with Gasteiger partial charge >= 0.3 is 5.97 Å². The number of nitrogens with zero attached hydrogens (tertiary/aromatic N) is 1. The number of halogens is 3. The monoisotopic (exact) mass is 297 g/mol. The molecule has 0 saturated heterocycles. The van der Waals surface area contributed by atoms with E-state index in [0.717, 1.165) is 14.0 Å². The lowest BCUT2D eigenvalue weighted by atomic mass is 10.3. The van der Waals surface area contributed by atoms with Crippen LogP contribution in [0.15, 0.2) is 17.0 Å². The fourth-order valence-corrected chi connectivity index (χ4v) is 2.69. The van der Waals surface area contributed by atoms with Gasteiger partial charge in [-0.1, -0.05) is 0 Å². The van der Waals surface area contributed by atoms with Crippen molar-refractivity contribution in [2.75, 3.05) is 7.05 Å². The van der Waals surface area contributed by atoms with E-state index in [1.165, 1.54) is 0 Å². The fraction of sp³-hybridized carbons (Fsp3) is 0.300. The number of carboxylic acids is 1. The smallest absolute Gasteiger partial charge is 0.321 e. The average molecular weight is 297 g/mol. The average Bonchev–Trinajstić information content (AvgIpc) is 2.24. The molecule has 0 aliphatic rings. The lowest BCUT2D eigenvalue weighted by Gasteiger charge is -2.21. The molecule has 5 nitrogen and oxygen atoms in total. The van der Waals surface area contributed by atoms with Crippen LogP contribution in [-0.2, 0) is 14.8 Å². The number of likely N-dealkylation sites (N-methyl/N-ethyl adjacent to an activating group) is 1. The van der Waals surface area contributed by atoms with Crippen molar-refractivity contribution in [2.45, 2.75) is 17.9 Å². The second-order valence-corrected chi connectivity index (χ2v) is 5.67. The van der Waals surface area contributed by atoms with Gasteiger partial charge in [0.05, 0.1) is 0 Å². The molecule has 9 heteroatoms. The minimum Gasteiger partial charge on any atom is -0.480 e. The molecule has 0 saturated carbocycles. The number of hydrogen-bond acceptors (Lipinski definition) is 3. The highest BCUT2D eigenvalue weighted by molar-refractivity contribution is 7.89. The van der Waals surface area contributed by atoms with Gasteiger partial charge in [0.15, 0.2) is 4.90 Å². The standard InChI is InChI=1S/C10H10F3NO4S/c1-5(10(15)16)14(2)19(17,18)9-7(12)3-6(11)4-8(9)13/h3-5H,1-2H3,(H,15,16). The summed E-state index contributed by atoms with van der Waals surface area (Å²) in [5.41, 5.74) is 0. The van der Waals surface area contributed by atoms with Crippen molar-refractivity contribution in [3.8, 4) is 0 Å². The van der Waals surface area contributed by atoms with E-state index in [-0.39, 0.29) is 16.4 Å². The Labute approximate surface area is 107 Å². The van der Waals surface area contributed by atoms with Crippen LogP contribution in [0.5, 0.6) is 0 Å². The van der Waals surface area contributed by atoms with Crippen molar-refractivity contribution in [3.63, 3.8) is 0 Å². The maximum Gasteiger partial charge on any atom is 0.321 e. The Bertz CT molecular complexity index is 594. The Balaban J connectivity index is 3.40. The Morgan fingerprint density at radius 3 is 2.05 bits per heavy atom. The van der Waals surface area contributed by atoms with Crippen molar-refractivity contribution in [3.05, 3.63) is 29.6 Å². The summed E-state index contributed by atoms with van der Waals surface area (Å²) in [6.07, 6.45) is 0. The zero-order valence-corrected chi connectivity index (χ0v) is 10.7. The van der Waals surface area contributed by atoms with Crippen molar-refractivity contribution < 1.29 is 31.5 Å². The van der Waals surface area contributed by atoms with Crippen LogP contribution in [0, 0.1) is 17.5 Å². The number of aliphatic carboxylic acids is 1. The molecule has 0 amide bonds. The van der Waals surface area contributed by atoms with Crippen molar-refractivity contribution in [2.24, 2.45) is 0 Å². The first kappa shape index (κ1) is 15.4. The maximum absolute atomic E-state index is 13.4. The lowest BCUT2D eigenvalue weighted by Crippen LogP contribution is -2.40. The first-order valence-electron chi connectivity index (χ1n) is 4.94. The molecule has 19 heavy (non-hydrogen) atoms. The topological polar surface area (TPSA) is 74.7 Å². The van der Waals surface area contributed by atoms with Gasteiger partial charge in [0.2, 0.25) is 10.0 Å². The summed E-state index contributed by atoms with van der Waals surface area (Å²) in [7, 11) is -3.87. The van der Waals surface area contributed by atoms with Crippen molar-refractivity contribution >= 4 is 16.0 Å². The summed E-state index contributed by atoms with van der Waals surface area (Å²) in [4.78, 5) is 9.30. The summed E-state index contributed by atoms with van der Waals surface area (Å²) in [6, 6.07) is -1.13. The molecule has 1 N–H and O–H groups in total. The number of rotatable bonds is 4. The van der Waals surface area contributed by atoms with Gasteiger partial charge in [-0.3, -0.25) is 4.79 Å². The van der Waals surface area contributed by atoms with E-state index in [0.29, 0.717) is 0 Å². The van der Waals surface area contributed by atoms with E-state index >= 15 is 0 Å². The molecule has 0 heterocycles. The van der Waals surface area contributed by atoms with Crippen LogP contribution in [0.2, 0.25) is 0 Å². The Hall–Kier alpha value is -1.61. The van der Waals surface area contributed by atoms with Crippen LogP contribution in [0.4, 0.5) is 13.2 Å². The van der Waals surface area contributed by atoms with Gasteiger partial charge < -0.3 is 5.11 Å². The SMILES string of the molecule is CC(C(=O)O)N(C)S(=O)(=O)c1c(F)cc(F)cc1F. The molecule has 1 atom stereocenters. The van der Waals surface area contributed by atoms with E-state index in [2.05, 4.69) is 0 Å². The summed E-state index contributed by atoms with van der Waals surface area (Å²) < 4.78 is 63.6. The van der Waals surface area contributed by atoms with Crippen LogP contribution in [0.1, 0.15) is 6.92 Å². The summed E-state index contributed by atoms with van der Waals surface area (Å²) in [6.45, 7) is 1.03. The Morgan fingerprint density at radius 1 is 1.26 bits per heavy atom. The van der Waals surface area contributed by atoms with Crippen LogP contribution >= 0.6 is 0 Å². The lowest BCUT2D eigenvalue weighted by molar-refractivity contribution is -0.140. The van der Waals surface area contributed by atoms with Gasteiger partial charge in [-0.25, -0.2) is 21.6 Å². The van der Waals surface area contributed by atoms with Gasteiger partial charge in [-0.15, -0.1) is 0 Å². The third-order valence-electron chi connectivity index (χ3n) is 2.50. The molecule has 0 fully saturated rings. The van der Waals surface area contributed by atoms with Gasteiger partial charge in [0.25, 0.3) is 0 Å². The Morgan fingerprint density at radius 2 is 1.68 bits per heavy atom. The second kappa shape index (κ2) is 5.17. The molecule has 0 radical (unpaired) electrons. The molecule has 1 unspecified atom stereocenters. The van der Waals surface area contributed by atoms with E-state index in [9.17, 15) is 26.4 Å². The third kappa shape index (κ3) is 2.87. The minimum atomic E-state index is -4.73. The molecule has 1 aromatic rings. The first-order chi connectivity index (χ1) is 8.59. The molecule has 1 aromatic carbocycles. The van der Waals surface area contributed by atoms with Crippen LogP contribution in [0.25, 0.3) is 0 Å². The van der Waals surface area contributed by atoms with E-state index in [1.54, 1.807) is 0 Å². The third-order valence-corrected chi connectivity index (χ3v) is 4.48. The van der Waals surface area contributed by atoms with E-state index < -0.39 is 44.4 Å². The summed E-state index contributed by atoms with van der Waals surface area (Å²) >= 11 is 0. The molecule has 0 aliphatic heterocycles. The normalized spacial score (nSPS) is 13.6. The molecule has 1 rings (SSSR count). The number of carbonyl (C=O) groups is 1. The van der Waals surface area contributed by atoms with E-state index in [4.69, 9.17) is 5.11 Å². The van der Waals surface area contributed by atoms with Gasteiger partial charge in [0.1, 0.15) is 23.5 Å². The van der Waals surface area contributed by atoms with E-state index in [1.807, 2.05) is 0 Å². The fourth-order valence-electron chi connectivity index (χ4n) is 1.28. The van der Waals surface area contributed by atoms with Gasteiger partial charge in [-0.2, -0.15) is 4.31 Å². The zero-order valence-electron chi connectivity index (χ0n) is 9.89. The highest BCUT2D eigenvalue weighted by Gasteiger charge is 2.34. The van der Waals surface area contributed by atoms with Crippen LogP contribution in [-0.4, -0.2) is 36.9 Å². The van der Waals surface area contributed by atoms with Gasteiger partial charge in [-0.05, 0) is 6.92 Å². The predicted molar refractivity (Wildman–Crippen MR) is 58.4 cm³/mol. The highest BCUT2D eigenvalue weighted by atomic mass is 32.2. The molecule has 0 bridgehead atoms. The molecule has 0 spiro atoms. The van der Waals surface area contributed by atoms with Crippen LogP contribution in [0.3, 0.4) is 0 Å². The number of sulfonamides is 1. The van der Waals surface area contributed by atoms with Crippen molar-refractivity contribution in [1.82, 2.24) is 4.31 Å². The molecule has 0 aromatic heterocycles. The molecular formula is C10H10F3NO4S. The maximum atomic E-state index is 13.4. The Kier molecular flexibility index (Phi) is 4.21. The summed E-state index contributed by atoms with van der Waals surface area (Å²) in [5.74, 6) is -6.01.